The largest absolute Gasteiger partial charge is 0.452 e. The molecule has 1 spiro atoms. The third kappa shape index (κ3) is 4.20. The quantitative estimate of drug-likeness (QED) is 0.180. The van der Waals surface area contributed by atoms with Crippen molar-refractivity contribution < 1.29 is 4.42 Å². The van der Waals surface area contributed by atoms with E-state index < -0.39 is 5.41 Å². The van der Waals surface area contributed by atoms with Gasteiger partial charge in [-0.1, -0.05) is 176 Å². The number of furan rings is 1. The van der Waals surface area contributed by atoms with Gasteiger partial charge in [-0.25, -0.2) is 9.97 Å². The molecule has 270 valence electrons. The van der Waals surface area contributed by atoms with E-state index in [1.165, 1.54) is 54.1 Å². The molecule has 1 aliphatic carbocycles. The molecule has 0 N–H and O–H groups in total. The number of nitrogens with zero attached hydrogens (tertiary/aromatic N) is 3. The Balaban J connectivity index is 1.14. The van der Waals surface area contributed by atoms with Crippen LogP contribution in [0, 0.1) is 0 Å². The van der Waals surface area contributed by atoms with Gasteiger partial charge < -0.3 is 4.42 Å². The molecule has 58 heavy (non-hydrogen) atoms. The van der Waals surface area contributed by atoms with Crippen molar-refractivity contribution in [2.75, 3.05) is 0 Å². The first-order valence-electron chi connectivity index (χ1n) is 19.7. The second-order valence-electron chi connectivity index (χ2n) is 15.2. The van der Waals surface area contributed by atoms with Crippen LogP contribution in [0.3, 0.4) is 0 Å². The number of para-hydroxylation sites is 2. The Morgan fingerprint density at radius 3 is 1.88 bits per heavy atom. The fraction of sp³-hybridized carbons (Fsp3) is 0.0189. The minimum absolute atomic E-state index is 0.503. The van der Waals surface area contributed by atoms with Crippen LogP contribution in [-0.2, 0) is 5.41 Å². The van der Waals surface area contributed by atoms with Crippen LogP contribution in [0.5, 0.6) is 0 Å². The topological polar surface area (TPSA) is 43.9 Å². The number of rotatable bonds is 3. The van der Waals surface area contributed by atoms with E-state index in [9.17, 15) is 0 Å². The zero-order valence-corrected chi connectivity index (χ0v) is 31.9. The maximum absolute atomic E-state index is 6.62. The summed E-state index contributed by atoms with van der Waals surface area (Å²) in [6.07, 6.45) is 0. The predicted octanol–water partition coefficient (Wildman–Crippen LogP) is 13.6. The first-order valence-corrected chi connectivity index (χ1v) is 20.5. The second kappa shape index (κ2) is 11.9. The Morgan fingerprint density at radius 1 is 0.466 bits per heavy atom. The molecule has 5 heteroatoms. The van der Waals surface area contributed by atoms with Crippen molar-refractivity contribution in [1.29, 1.82) is 0 Å². The van der Waals surface area contributed by atoms with Crippen molar-refractivity contribution in [3.8, 4) is 39.5 Å². The summed E-state index contributed by atoms with van der Waals surface area (Å²) in [7, 11) is 0. The molecule has 1 aliphatic heterocycles. The second-order valence-corrected chi connectivity index (χ2v) is 16.3. The number of fused-ring (bicyclic) bond motifs is 16. The van der Waals surface area contributed by atoms with Gasteiger partial charge in [0.15, 0.2) is 5.58 Å². The van der Waals surface area contributed by atoms with Crippen LogP contribution < -0.4 is 0 Å². The molecule has 4 nitrogen and oxygen atoms in total. The van der Waals surface area contributed by atoms with Crippen molar-refractivity contribution in [3.63, 3.8) is 0 Å². The third-order valence-electron chi connectivity index (χ3n) is 12.3. The van der Waals surface area contributed by atoms with E-state index in [1.807, 2.05) is 30.0 Å². The van der Waals surface area contributed by atoms with Crippen LogP contribution in [0.25, 0.3) is 83.3 Å². The van der Waals surface area contributed by atoms with Gasteiger partial charge in [-0.15, -0.1) is 0 Å². The molecule has 11 aromatic rings. The van der Waals surface area contributed by atoms with E-state index in [0.717, 1.165) is 49.7 Å². The monoisotopic (exact) mass is 757 g/mol. The predicted molar refractivity (Wildman–Crippen MR) is 236 cm³/mol. The van der Waals surface area contributed by atoms with Crippen LogP contribution >= 0.6 is 11.8 Å². The summed E-state index contributed by atoms with van der Waals surface area (Å²) in [6.45, 7) is 0. The molecule has 0 unspecified atom stereocenters. The van der Waals surface area contributed by atoms with Gasteiger partial charge in [-0.3, -0.25) is 4.57 Å². The molecular weight excluding hydrogens is 727 g/mol. The van der Waals surface area contributed by atoms with Gasteiger partial charge in [0.1, 0.15) is 16.8 Å². The zero-order chi connectivity index (χ0) is 38.0. The van der Waals surface area contributed by atoms with Crippen molar-refractivity contribution >= 4 is 55.6 Å². The molecule has 8 aromatic carbocycles. The van der Waals surface area contributed by atoms with Crippen molar-refractivity contribution in [2.45, 2.75) is 15.2 Å². The lowest BCUT2D eigenvalue weighted by molar-refractivity contribution is 0.666. The summed E-state index contributed by atoms with van der Waals surface area (Å²) < 4.78 is 8.93. The van der Waals surface area contributed by atoms with Crippen LogP contribution in [-0.4, -0.2) is 14.5 Å². The average molecular weight is 758 g/mol. The Labute approximate surface area is 338 Å². The summed E-state index contributed by atoms with van der Waals surface area (Å²) in [6, 6.07) is 67.7. The number of hydrogen-bond donors (Lipinski definition) is 0. The Hall–Kier alpha value is -7.21. The van der Waals surface area contributed by atoms with Gasteiger partial charge >= 0.3 is 0 Å². The molecule has 3 aromatic heterocycles. The lowest BCUT2D eigenvalue weighted by Gasteiger charge is -2.40. The molecule has 2 aliphatic rings. The number of hydrogen-bond acceptors (Lipinski definition) is 4. The molecule has 0 saturated heterocycles. The smallest absolute Gasteiger partial charge is 0.236 e. The molecule has 0 amide bonds. The van der Waals surface area contributed by atoms with E-state index in [1.54, 1.807) is 0 Å². The first kappa shape index (κ1) is 31.9. The fourth-order valence-electron chi connectivity index (χ4n) is 9.90. The molecular formula is C53H31N3OS. The van der Waals surface area contributed by atoms with Gasteiger partial charge in [0, 0.05) is 31.5 Å². The van der Waals surface area contributed by atoms with Gasteiger partial charge in [-0.05, 0) is 68.8 Å². The normalized spacial score (nSPS) is 13.6. The minimum atomic E-state index is -0.503. The molecule has 13 rings (SSSR count). The summed E-state index contributed by atoms with van der Waals surface area (Å²) >= 11 is 1.86. The van der Waals surface area contributed by atoms with E-state index in [-0.39, 0.29) is 0 Å². The van der Waals surface area contributed by atoms with Crippen LogP contribution in [0.1, 0.15) is 22.3 Å². The highest BCUT2D eigenvalue weighted by atomic mass is 32.2. The summed E-state index contributed by atoms with van der Waals surface area (Å²) in [4.78, 5) is 13.4. The van der Waals surface area contributed by atoms with Gasteiger partial charge in [0.2, 0.25) is 5.95 Å². The van der Waals surface area contributed by atoms with E-state index in [4.69, 9.17) is 14.4 Å². The van der Waals surface area contributed by atoms with Gasteiger partial charge in [-0.2, -0.15) is 0 Å². The van der Waals surface area contributed by atoms with Crippen LogP contribution in [0.15, 0.2) is 202 Å². The summed E-state index contributed by atoms with van der Waals surface area (Å²) in [5.74, 6) is 0.613. The van der Waals surface area contributed by atoms with Crippen molar-refractivity contribution in [3.05, 3.63) is 210 Å². The molecule has 0 bridgehead atoms. The fourth-order valence-corrected chi connectivity index (χ4v) is 11.2. The summed E-state index contributed by atoms with van der Waals surface area (Å²) in [5.41, 5.74) is 15.8. The van der Waals surface area contributed by atoms with E-state index in [2.05, 4.69) is 174 Å². The van der Waals surface area contributed by atoms with Crippen LogP contribution in [0.2, 0.25) is 0 Å². The number of aromatic nitrogens is 3. The SMILES string of the molecule is c1ccc(-c2ccc(-c3nc(-n4c5ccccc5c5ccc6c(c54)Sc4ccccc4C64c5ccccc5-c5ccccc54)nc4c3oc3ccccc34)cc2)cc1. The molecule has 0 radical (unpaired) electrons. The molecule has 0 saturated carbocycles. The molecule has 0 fully saturated rings. The minimum Gasteiger partial charge on any atom is -0.452 e. The maximum atomic E-state index is 6.62. The Kier molecular flexibility index (Phi) is 6.55. The highest BCUT2D eigenvalue weighted by molar-refractivity contribution is 7.99. The summed E-state index contributed by atoms with van der Waals surface area (Å²) in [5, 5.41) is 3.30. The third-order valence-corrected chi connectivity index (χ3v) is 13.5. The first-order chi connectivity index (χ1) is 28.8. The highest BCUT2D eigenvalue weighted by Crippen LogP contribution is 2.63. The number of benzene rings is 8. The van der Waals surface area contributed by atoms with E-state index in [0.29, 0.717) is 11.5 Å². The Morgan fingerprint density at radius 2 is 1.09 bits per heavy atom. The van der Waals surface area contributed by atoms with Gasteiger partial charge in [0.05, 0.1) is 16.4 Å². The lowest BCUT2D eigenvalue weighted by Crippen LogP contribution is -2.32. The molecule has 0 atom stereocenters. The lowest BCUT2D eigenvalue weighted by atomic mass is 9.67. The van der Waals surface area contributed by atoms with Crippen LogP contribution in [0.4, 0.5) is 0 Å². The standard InChI is InChI=1S/C53H31N3OS/c1-2-14-32(15-3-1)33-26-28-34(29-27-33)47-50-48(39-19-7-12-24-45(39)57-50)55-52(54-47)56-44-23-11-6-18-37(44)38-30-31-43-51(49(38)56)58-46-25-13-10-22-42(46)53(43)40-20-8-4-16-35(40)36-17-5-9-21-41(36)53/h1-31H. The van der Waals surface area contributed by atoms with Crippen molar-refractivity contribution in [1.82, 2.24) is 14.5 Å². The highest BCUT2D eigenvalue weighted by Gasteiger charge is 2.50. The average Bonchev–Trinajstić information content (AvgIpc) is 3.94. The van der Waals surface area contributed by atoms with Crippen molar-refractivity contribution in [2.24, 2.45) is 0 Å². The zero-order valence-electron chi connectivity index (χ0n) is 31.1. The maximum Gasteiger partial charge on any atom is 0.236 e. The Bertz CT molecular complexity index is 3440. The van der Waals surface area contributed by atoms with E-state index >= 15 is 0 Å². The molecule has 4 heterocycles. The van der Waals surface area contributed by atoms with Gasteiger partial charge in [0.25, 0.3) is 0 Å².